The summed E-state index contributed by atoms with van der Waals surface area (Å²) in [4.78, 5) is 44.0. The van der Waals surface area contributed by atoms with E-state index in [1.54, 1.807) is 35.7 Å². The van der Waals surface area contributed by atoms with Crippen LogP contribution in [0.15, 0.2) is 52.6 Å². The fraction of sp³-hybridized carbons (Fsp3) is 0.0909. The maximum Gasteiger partial charge on any atom is 0.287 e. The standard InChI is InChI=1S/C22H15FN4O4S/c23-13-4-2-12(3-5-13)14-10-32-22-18(14)20(29)26-19(27-22)21(30)24-8-11-1-6-16-15(7-11)25-17(28)9-31-16/h1-7,10H,8-9H2,(H,24,30)(H,25,28)(H,26,27,29). The van der Waals surface area contributed by atoms with Gasteiger partial charge in [0.1, 0.15) is 16.4 Å². The average Bonchev–Trinajstić information content (AvgIpc) is 3.22. The van der Waals surface area contributed by atoms with Crippen LogP contribution in [0.25, 0.3) is 21.3 Å². The molecule has 160 valence electrons. The van der Waals surface area contributed by atoms with Crippen molar-refractivity contribution in [1.29, 1.82) is 0 Å². The Labute approximate surface area is 184 Å². The number of H-pyrrole nitrogens is 1. The highest BCUT2D eigenvalue weighted by Gasteiger charge is 2.18. The van der Waals surface area contributed by atoms with Crippen LogP contribution >= 0.6 is 11.3 Å². The molecule has 2 aromatic heterocycles. The van der Waals surface area contributed by atoms with E-state index >= 15 is 0 Å². The van der Waals surface area contributed by atoms with E-state index in [0.29, 0.717) is 32.8 Å². The van der Waals surface area contributed by atoms with Gasteiger partial charge >= 0.3 is 0 Å². The third kappa shape index (κ3) is 3.71. The van der Waals surface area contributed by atoms with E-state index in [2.05, 4.69) is 20.6 Å². The second kappa shape index (κ2) is 7.89. The van der Waals surface area contributed by atoms with E-state index in [9.17, 15) is 18.8 Å². The zero-order chi connectivity index (χ0) is 22.2. The summed E-state index contributed by atoms with van der Waals surface area (Å²) in [5.74, 6) is -0.702. The van der Waals surface area contributed by atoms with Crippen LogP contribution in [0.3, 0.4) is 0 Å². The van der Waals surface area contributed by atoms with Crippen LogP contribution in [0, 0.1) is 5.82 Å². The van der Waals surface area contributed by atoms with E-state index in [-0.39, 0.29) is 30.7 Å². The van der Waals surface area contributed by atoms with Gasteiger partial charge in [-0.2, -0.15) is 0 Å². The lowest BCUT2D eigenvalue weighted by atomic mass is 10.1. The molecule has 32 heavy (non-hydrogen) atoms. The Morgan fingerprint density at radius 3 is 2.81 bits per heavy atom. The number of halogens is 1. The topological polar surface area (TPSA) is 113 Å². The van der Waals surface area contributed by atoms with Crippen LogP contribution in [-0.4, -0.2) is 28.4 Å². The lowest BCUT2D eigenvalue weighted by Gasteiger charge is -2.18. The summed E-state index contributed by atoms with van der Waals surface area (Å²) in [5, 5.41) is 7.52. The molecule has 5 rings (SSSR count). The van der Waals surface area contributed by atoms with Crippen molar-refractivity contribution in [3.8, 4) is 16.9 Å². The van der Waals surface area contributed by atoms with Gasteiger partial charge in [-0.25, -0.2) is 9.37 Å². The van der Waals surface area contributed by atoms with E-state index < -0.39 is 11.5 Å². The second-order valence-electron chi connectivity index (χ2n) is 7.10. The number of amides is 2. The van der Waals surface area contributed by atoms with Crippen molar-refractivity contribution in [1.82, 2.24) is 15.3 Å². The zero-order valence-corrected chi connectivity index (χ0v) is 17.2. The summed E-state index contributed by atoms with van der Waals surface area (Å²) < 4.78 is 18.5. The number of aromatic amines is 1. The zero-order valence-electron chi connectivity index (χ0n) is 16.4. The van der Waals surface area contributed by atoms with Gasteiger partial charge in [0.2, 0.25) is 5.82 Å². The molecule has 1 aliphatic rings. The van der Waals surface area contributed by atoms with Gasteiger partial charge in [-0.15, -0.1) is 11.3 Å². The molecule has 0 bridgehead atoms. The molecule has 4 aromatic rings. The molecule has 0 aliphatic carbocycles. The number of carbonyl (C=O) groups excluding carboxylic acids is 2. The second-order valence-corrected chi connectivity index (χ2v) is 7.96. The van der Waals surface area contributed by atoms with Crippen molar-refractivity contribution in [2.75, 3.05) is 11.9 Å². The van der Waals surface area contributed by atoms with Gasteiger partial charge in [-0.05, 0) is 35.4 Å². The van der Waals surface area contributed by atoms with Gasteiger partial charge in [0, 0.05) is 17.5 Å². The molecule has 3 heterocycles. The summed E-state index contributed by atoms with van der Waals surface area (Å²) in [6.07, 6.45) is 0. The Morgan fingerprint density at radius 2 is 2.00 bits per heavy atom. The molecule has 0 spiro atoms. The molecule has 1 aliphatic heterocycles. The Morgan fingerprint density at radius 1 is 1.19 bits per heavy atom. The number of fused-ring (bicyclic) bond motifs is 2. The van der Waals surface area contributed by atoms with Crippen LogP contribution in [0.4, 0.5) is 10.1 Å². The van der Waals surface area contributed by atoms with Crippen LogP contribution in [-0.2, 0) is 11.3 Å². The molecule has 3 N–H and O–H groups in total. The summed E-state index contributed by atoms with van der Waals surface area (Å²) >= 11 is 1.23. The van der Waals surface area contributed by atoms with E-state index in [4.69, 9.17) is 4.74 Å². The maximum atomic E-state index is 13.2. The fourth-order valence-electron chi connectivity index (χ4n) is 3.40. The van der Waals surface area contributed by atoms with Crippen molar-refractivity contribution in [2.45, 2.75) is 6.54 Å². The van der Waals surface area contributed by atoms with Gasteiger partial charge in [0.15, 0.2) is 6.61 Å². The fourth-order valence-corrected chi connectivity index (χ4v) is 4.35. The first kappa shape index (κ1) is 19.9. The van der Waals surface area contributed by atoms with Crippen LogP contribution in [0.5, 0.6) is 5.75 Å². The predicted molar refractivity (Wildman–Crippen MR) is 117 cm³/mol. The molecular weight excluding hydrogens is 435 g/mol. The molecule has 2 amide bonds. The predicted octanol–water partition coefficient (Wildman–Crippen LogP) is 3.05. The Kier molecular flexibility index (Phi) is 4.91. The van der Waals surface area contributed by atoms with Crippen LogP contribution in [0.2, 0.25) is 0 Å². The molecule has 0 saturated heterocycles. The first-order valence-corrected chi connectivity index (χ1v) is 10.5. The summed E-state index contributed by atoms with van der Waals surface area (Å²) in [7, 11) is 0. The van der Waals surface area contributed by atoms with E-state index in [1.807, 2.05) is 0 Å². The highest BCUT2D eigenvalue weighted by molar-refractivity contribution is 7.17. The highest BCUT2D eigenvalue weighted by atomic mass is 32.1. The van der Waals surface area contributed by atoms with Crippen LogP contribution < -0.4 is 20.9 Å². The SMILES string of the molecule is O=C1COc2ccc(CNC(=O)c3nc4scc(-c5ccc(F)cc5)c4c(=O)[nH]3)cc2N1. The number of carbonyl (C=O) groups is 2. The number of hydrogen-bond donors (Lipinski definition) is 3. The van der Waals surface area contributed by atoms with Crippen molar-refractivity contribution < 1.29 is 18.7 Å². The molecule has 0 radical (unpaired) electrons. The van der Waals surface area contributed by atoms with Gasteiger partial charge in [0.25, 0.3) is 17.4 Å². The lowest BCUT2D eigenvalue weighted by molar-refractivity contribution is -0.118. The molecule has 0 atom stereocenters. The third-order valence-corrected chi connectivity index (χ3v) is 5.82. The number of anilines is 1. The minimum absolute atomic E-state index is 0.0316. The highest BCUT2D eigenvalue weighted by Crippen LogP contribution is 2.31. The average molecular weight is 450 g/mol. The van der Waals surface area contributed by atoms with Gasteiger partial charge in [-0.1, -0.05) is 18.2 Å². The molecule has 0 fully saturated rings. The normalized spacial score (nSPS) is 12.7. The smallest absolute Gasteiger partial charge is 0.287 e. The quantitative estimate of drug-likeness (QED) is 0.442. The summed E-state index contributed by atoms with van der Waals surface area (Å²) in [5.41, 5.74) is 2.14. The van der Waals surface area contributed by atoms with Crippen LogP contribution in [0.1, 0.15) is 16.2 Å². The number of aromatic nitrogens is 2. The van der Waals surface area contributed by atoms with Crippen molar-refractivity contribution in [2.24, 2.45) is 0 Å². The molecular formula is C22H15FN4O4S. The third-order valence-electron chi connectivity index (χ3n) is 4.94. The van der Waals surface area contributed by atoms with Gasteiger partial charge < -0.3 is 20.4 Å². The summed E-state index contributed by atoms with van der Waals surface area (Å²) in [6.45, 7) is 0.130. The van der Waals surface area contributed by atoms with Crippen molar-refractivity contribution >= 4 is 39.1 Å². The van der Waals surface area contributed by atoms with Gasteiger partial charge in [-0.3, -0.25) is 14.4 Å². The van der Waals surface area contributed by atoms with Crippen molar-refractivity contribution in [3.63, 3.8) is 0 Å². The number of rotatable bonds is 4. The van der Waals surface area contributed by atoms with Gasteiger partial charge in [0.05, 0.1) is 11.1 Å². The minimum atomic E-state index is -0.543. The lowest BCUT2D eigenvalue weighted by Crippen LogP contribution is -2.28. The number of thiophene rings is 1. The first-order valence-electron chi connectivity index (χ1n) is 9.59. The summed E-state index contributed by atoms with van der Waals surface area (Å²) in [6, 6.07) is 11.0. The van der Waals surface area contributed by atoms with E-state index in [1.165, 1.54) is 23.5 Å². The maximum absolute atomic E-state index is 13.2. The largest absolute Gasteiger partial charge is 0.482 e. The molecule has 8 nitrogen and oxygen atoms in total. The Balaban J connectivity index is 1.36. The molecule has 0 unspecified atom stereocenters. The minimum Gasteiger partial charge on any atom is -0.482 e. The number of hydrogen-bond acceptors (Lipinski definition) is 6. The number of benzene rings is 2. The first-order chi connectivity index (χ1) is 15.5. The molecule has 10 heteroatoms. The number of nitrogens with zero attached hydrogens (tertiary/aromatic N) is 1. The number of nitrogens with one attached hydrogen (secondary N) is 3. The molecule has 2 aromatic carbocycles. The number of ether oxygens (including phenoxy) is 1. The van der Waals surface area contributed by atoms with E-state index in [0.717, 1.165) is 5.56 Å². The van der Waals surface area contributed by atoms with Crippen molar-refractivity contribution in [3.05, 3.63) is 75.4 Å². The Bertz CT molecular complexity index is 1430. The molecule has 0 saturated carbocycles. The Hall–Kier alpha value is -4.05. The monoisotopic (exact) mass is 450 g/mol.